The number of hydrogen-bond acceptors (Lipinski definition) is 4. The minimum atomic E-state index is -0.639. The Balaban J connectivity index is 3.05. The molecule has 0 aliphatic heterocycles. The van der Waals surface area contributed by atoms with Crippen LogP contribution in [0.15, 0.2) is 0 Å². The lowest BCUT2D eigenvalue weighted by Gasteiger charge is -2.02. The summed E-state index contributed by atoms with van der Waals surface area (Å²) in [6.45, 7) is 0.146. The number of methoxy groups -OCH3 is 1. The lowest BCUT2D eigenvalue weighted by atomic mass is 10.8. The Morgan fingerprint density at radius 2 is 2.30 bits per heavy atom. The molecule has 10 heavy (non-hydrogen) atoms. The molecule has 0 bridgehead atoms. The highest BCUT2D eigenvalue weighted by atomic mass is 16.6. The first-order valence-corrected chi connectivity index (χ1v) is 2.81. The van der Waals surface area contributed by atoms with Gasteiger partial charge in [-0.25, -0.2) is 4.79 Å². The van der Waals surface area contributed by atoms with Crippen molar-refractivity contribution >= 4 is 6.09 Å². The molecule has 5 nitrogen and oxygen atoms in total. The van der Waals surface area contributed by atoms with E-state index in [4.69, 9.17) is 5.11 Å². The van der Waals surface area contributed by atoms with Gasteiger partial charge in [-0.1, -0.05) is 0 Å². The third-order valence-electron chi connectivity index (χ3n) is 0.744. The predicted molar refractivity (Wildman–Crippen MR) is 33.4 cm³/mol. The van der Waals surface area contributed by atoms with Crippen LogP contribution >= 0.6 is 0 Å². The van der Waals surface area contributed by atoms with Crippen molar-refractivity contribution in [2.45, 2.75) is 0 Å². The minimum Gasteiger partial charge on any atom is -0.447 e. The number of carbonyl (C=O) groups excluding carboxylic acids is 1. The molecule has 5 heteroatoms. The molecule has 0 saturated carbocycles. The summed E-state index contributed by atoms with van der Waals surface area (Å²) in [6.07, 6.45) is -0.639. The second kappa shape index (κ2) is 6.31. The zero-order valence-corrected chi connectivity index (χ0v) is 5.79. The van der Waals surface area contributed by atoms with E-state index in [1.54, 1.807) is 0 Å². The molecule has 0 rings (SSSR count). The third-order valence-corrected chi connectivity index (χ3v) is 0.744. The summed E-state index contributed by atoms with van der Waals surface area (Å²) in [6, 6.07) is 0. The van der Waals surface area contributed by atoms with Crippen LogP contribution in [0.1, 0.15) is 0 Å². The molecule has 0 atom stereocenters. The van der Waals surface area contributed by atoms with Gasteiger partial charge in [-0.3, -0.25) is 5.32 Å². The summed E-state index contributed by atoms with van der Waals surface area (Å²) < 4.78 is 9.09. The fraction of sp³-hybridized carbons (Fsp3) is 0.800. The van der Waals surface area contributed by atoms with Crippen LogP contribution in [0, 0.1) is 0 Å². The highest BCUT2D eigenvalue weighted by Gasteiger charge is 1.96. The first-order chi connectivity index (χ1) is 4.81. The van der Waals surface area contributed by atoms with E-state index in [0.29, 0.717) is 6.61 Å². The van der Waals surface area contributed by atoms with Crippen LogP contribution in [0.25, 0.3) is 0 Å². The van der Waals surface area contributed by atoms with Gasteiger partial charge in [0, 0.05) is 7.11 Å². The Bertz CT molecular complexity index is 95.6. The van der Waals surface area contributed by atoms with Gasteiger partial charge < -0.3 is 14.6 Å². The Morgan fingerprint density at radius 3 is 2.80 bits per heavy atom. The fourth-order valence-corrected chi connectivity index (χ4v) is 0.333. The Labute approximate surface area is 58.9 Å². The van der Waals surface area contributed by atoms with Crippen molar-refractivity contribution in [1.29, 1.82) is 0 Å². The quantitative estimate of drug-likeness (QED) is 0.410. The van der Waals surface area contributed by atoms with Crippen molar-refractivity contribution in [3.63, 3.8) is 0 Å². The van der Waals surface area contributed by atoms with Crippen molar-refractivity contribution < 1.29 is 19.4 Å². The number of ether oxygens (including phenoxy) is 2. The molecular formula is C5H11NO4. The molecule has 60 valence electrons. The summed E-state index contributed by atoms with van der Waals surface area (Å²) in [5.41, 5.74) is 0. The molecule has 1 amide bonds. The van der Waals surface area contributed by atoms with Gasteiger partial charge in [0.25, 0.3) is 0 Å². The maximum Gasteiger partial charge on any atom is 0.409 e. The van der Waals surface area contributed by atoms with Crippen LogP contribution in [-0.2, 0) is 9.47 Å². The lowest BCUT2D eigenvalue weighted by molar-refractivity contribution is 0.0928. The summed E-state index contributed by atoms with van der Waals surface area (Å²) >= 11 is 0. The van der Waals surface area contributed by atoms with Gasteiger partial charge in [-0.05, 0) is 0 Å². The molecule has 0 aromatic rings. The van der Waals surface area contributed by atoms with E-state index < -0.39 is 12.8 Å². The topological polar surface area (TPSA) is 67.8 Å². The van der Waals surface area contributed by atoms with Crippen molar-refractivity contribution in [2.24, 2.45) is 0 Å². The zero-order chi connectivity index (χ0) is 7.82. The van der Waals surface area contributed by atoms with Crippen LogP contribution in [-0.4, -0.2) is 38.3 Å². The Kier molecular flexibility index (Phi) is 5.80. The highest BCUT2D eigenvalue weighted by molar-refractivity contribution is 5.66. The SMILES string of the molecule is COCCOC(=O)NCO. The average molecular weight is 149 g/mol. The van der Waals surface area contributed by atoms with Crippen molar-refractivity contribution in [1.82, 2.24) is 5.32 Å². The van der Waals surface area contributed by atoms with Gasteiger partial charge in [0.2, 0.25) is 0 Å². The summed E-state index contributed by atoms with van der Waals surface area (Å²) in [5.74, 6) is 0. The number of alkyl carbamates (subject to hydrolysis) is 1. The largest absolute Gasteiger partial charge is 0.447 e. The standard InChI is InChI=1S/C5H11NO4/c1-9-2-3-10-5(8)6-4-7/h7H,2-4H2,1H3,(H,6,8). The van der Waals surface area contributed by atoms with Gasteiger partial charge in [0.15, 0.2) is 0 Å². The third kappa shape index (κ3) is 5.33. The Morgan fingerprint density at radius 1 is 1.60 bits per heavy atom. The number of rotatable bonds is 4. The molecule has 0 saturated heterocycles. The fourth-order valence-electron chi connectivity index (χ4n) is 0.333. The number of aliphatic hydroxyl groups excluding tert-OH is 1. The van der Waals surface area contributed by atoms with Crippen LogP contribution in [0.3, 0.4) is 0 Å². The molecular weight excluding hydrogens is 138 g/mol. The Hall–Kier alpha value is -0.810. The van der Waals surface area contributed by atoms with Crippen LogP contribution < -0.4 is 5.32 Å². The predicted octanol–water partition coefficient (Wildman–Crippen LogP) is -0.691. The van der Waals surface area contributed by atoms with E-state index in [-0.39, 0.29) is 6.61 Å². The monoisotopic (exact) mass is 149 g/mol. The molecule has 2 N–H and O–H groups in total. The smallest absolute Gasteiger partial charge is 0.409 e. The number of carbonyl (C=O) groups is 1. The molecule has 0 fully saturated rings. The molecule has 0 aliphatic rings. The van der Waals surface area contributed by atoms with Crippen molar-refractivity contribution in [2.75, 3.05) is 27.1 Å². The summed E-state index contributed by atoms with van der Waals surface area (Å²) in [7, 11) is 1.51. The second-order valence-electron chi connectivity index (χ2n) is 1.46. The summed E-state index contributed by atoms with van der Waals surface area (Å²) in [4.78, 5) is 10.4. The number of nitrogens with one attached hydrogen (secondary N) is 1. The average Bonchev–Trinajstić information content (AvgIpc) is 1.89. The van der Waals surface area contributed by atoms with Gasteiger partial charge >= 0.3 is 6.09 Å². The van der Waals surface area contributed by atoms with Gasteiger partial charge in [-0.15, -0.1) is 0 Å². The molecule has 0 aliphatic carbocycles. The van der Waals surface area contributed by atoms with Crippen molar-refractivity contribution in [3.8, 4) is 0 Å². The van der Waals surface area contributed by atoms with Gasteiger partial charge in [0.1, 0.15) is 13.3 Å². The number of amides is 1. The number of aliphatic hydroxyl groups is 1. The van der Waals surface area contributed by atoms with Crippen LogP contribution in [0.5, 0.6) is 0 Å². The molecule has 0 radical (unpaired) electrons. The van der Waals surface area contributed by atoms with Crippen molar-refractivity contribution in [3.05, 3.63) is 0 Å². The maximum absolute atomic E-state index is 10.4. The van der Waals surface area contributed by atoms with E-state index in [2.05, 4.69) is 9.47 Å². The van der Waals surface area contributed by atoms with Crippen LogP contribution in [0.4, 0.5) is 4.79 Å². The second-order valence-corrected chi connectivity index (χ2v) is 1.46. The zero-order valence-electron chi connectivity index (χ0n) is 5.79. The number of hydrogen-bond donors (Lipinski definition) is 2. The van der Waals surface area contributed by atoms with Crippen LogP contribution in [0.2, 0.25) is 0 Å². The first-order valence-electron chi connectivity index (χ1n) is 2.81. The lowest BCUT2D eigenvalue weighted by Crippen LogP contribution is -2.26. The highest BCUT2D eigenvalue weighted by Crippen LogP contribution is 1.76. The first kappa shape index (κ1) is 9.19. The molecule has 0 aromatic heterocycles. The van der Waals surface area contributed by atoms with Gasteiger partial charge in [-0.2, -0.15) is 0 Å². The van der Waals surface area contributed by atoms with E-state index >= 15 is 0 Å². The summed E-state index contributed by atoms with van der Waals surface area (Å²) in [5, 5.41) is 10.2. The maximum atomic E-state index is 10.4. The van der Waals surface area contributed by atoms with E-state index in [1.165, 1.54) is 7.11 Å². The molecule has 0 unspecified atom stereocenters. The normalized spacial score (nSPS) is 9.00. The molecule has 0 spiro atoms. The van der Waals surface area contributed by atoms with E-state index in [1.807, 2.05) is 5.32 Å². The van der Waals surface area contributed by atoms with E-state index in [0.717, 1.165) is 0 Å². The van der Waals surface area contributed by atoms with E-state index in [9.17, 15) is 4.79 Å². The molecule has 0 aromatic carbocycles. The van der Waals surface area contributed by atoms with Gasteiger partial charge in [0.05, 0.1) is 6.61 Å². The minimum absolute atomic E-state index is 0.197. The molecule has 0 heterocycles.